The molecule has 1 amide bonds. The van der Waals surface area contributed by atoms with E-state index >= 15 is 0 Å². The molecule has 0 spiro atoms. The van der Waals surface area contributed by atoms with E-state index in [1.807, 2.05) is 48.9 Å². The minimum Gasteiger partial charge on any atom is -0.289 e. The van der Waals surface area contributed by atoms with Crippen LogP contribution in [0.15, 0.2) is 67.1 Å². The van der Waals surface area contributed by atoms with E-state index in [-0.39, 0.29) is 11.9 Å². The highest BCUT2D eigenvalue weighted by Crippen LogP contribution is 2.27. The number of para-hydroxylation sites is 1. The normalized spacial score (nSPS) is 11.1. The molecule has 8 heteroatoms. The number of hydrogen-bond acceptors (Lipinski definition) is 5. The van der Waals surface area contributed by atoms with E-state index in [1.165, 1.54) is 5.56 Å². The molecule has 0 bridgehead atoms. The minimum absolute atomic E-state index is 0.259. The molecule has 5 rings (SSSR count). The van der Waals surface area contributed by atoms with E-state index in [4.69, 9.17) is 4.98 Å². The maximum atomic E-state index is 13.3. The van der Waals surface area contributed by atoms with Crippen LogP contribution in [0.1, 0.15) is 34.1 Å². The van der Waals surface area contributed by atoms with Crippen LogP contribution in [-0.4, -0.2) is 35.4 Å². The lowest BCUT2D eigenvalue weighted by Crippen LogP contribution is -2.14. The molecule has 0 atom stereocenters. The first-order valence-electron chi connectivity index (χ1n) is 11.2. The fourth-order valence-electron chi connectivity index (χ4n) is 4.00. The second-order valence-corrected chi connectivity index (χ2v) is 8.24. The Morgan fingerprint density at radius 2 is 1.85 bits per heavy atom. The lowest BCUT2D eigenvalue weighted by atomic mass is 10.0. The molecule has 170 valence electrons. The summed E-state index contributed by atoms with van der Waals surface area (Å²) in [6.45, 7) is 7.45. The quantitative estimate of drug-likeness (QED) is 0.407. The van der Waals surface area contributed by atoms with Crippen LogP contribution in [0.25, 0.3) is 22.2 Å². The number of anilines is 1. The van der Waals surface area contributed by atoms with Crippen LogP contribution in [0.5, 0.6) is 0 Å². The Bertz CT molecular complexity index is 1480. The van der Waals surface area contributed by atoms with Gasteiger partial charge in [-0.1, -0.05) is 48.0 Å². The van der Waals surface area contributed by atoms with Gasteiger partial charge in [0.25, 0.3) is 5.91 Å². The standard InChI is InChI=1S/C26H25N7O/c1-4-33-18(3)22(14-28-33)24-13-21(20-7-5-6-8-23(20)29-24)25(34)30-26-27-16-32(31-26)15-19-11-9-17(2)10-12-19/h5-14,16H,4,15H2,1-3H3,(H,30,31,34). The molecule has 0 fully saturated rings. The van der Waals surface area contributed by atoms with Gasteiger partial charge in [0.05, 0.1) is 29.5 Å². The highest BCUT2D eigenvalue weighted by atomic mass is 16.1. The maximum absolute atomic E-state index is 13.3. The first-order chi connectivity index (χ1) is 16.5. The predicted octanol–water partition coefficient (Wildman–Crippen LogP) is 4.63. The number of fused-ring (bicyclic) bond motifs is 1. The molecule has 0 saturated carbocycles. The van der Waals surface area contributed by atoms with Crippen molar-refractivity contribution in [3.63, 3.8) is 0 Å². The number of carbonyl (C=O) groups is 1. The third-order valence-corrected chi connectivity index (χ3v) is 5.87. The van der Waals surface area contributed by atoms with Gasteiger partial charge in [0.15, 0.2) is 0 Å². The summed E-state index contributed by atoms with van der Waals surface area (Å²) >= 11 is 0. The molecule has 5 aromatic rings. The number of rotatable bonds is 6. The molecule has 0 saturated heterocycles. The zero-order valence-electron chi connectivity index (χ0n) is 19.4. The zero-order chi connectivity index (χ0) is 23.7. The smallest absolute Gasteiger partial charge is 0.258 e. The fourth-order valence-corrected chi connectivity index (χ4v) is 4.00. The lowest BCUT2D eigenvalue weighted by Gasteiger charge is -2.09. The van der Waals surface area contributed by atoms with Gasteiger partial charge < -0.3 is 0 Å². The first kappa shape index (κ1) is 21.5. The summed E-state index contributed by atoms with van der Waals surface area (Å²) < 4.78 is 3.62. The number of nitrogens with one attached hydrogen (secondary N) is 1. The first-order valence-corrected chi connectivity index (χ1v) is 11.2. The Balaban J connectivity index is 1.44. The summed E-state index contributed by atoms with van der Waals surface area (Å²) in [6, 6.07) is 17.7. The second kappa shape index (κ2) is 8.90. The molecule has 0 aliphatic carbocycles. The number of aryl methyl sites for hydroxylation is 2. The Labute approximate surface area is 197 Å². The maximum Gasteiger partial charge on any atom is 0.258 e. The molecule has 34 heavy (non-hydrogen) atoms. The summed E-state index contributed by atoms with van der Waals surface area (Å²) in [5, 5.41) is 12.5. The van der Waals surface area contributed by atoms with Crippen LogP contribution in [0.3, 0.4) is 0 Å². The van der Waals surface area contributed by atoms with Gasteiger partial charge in [-0.15, -0.1) is 5.10 Å². The van der Waals surface area contributed by atoms with Gasteiger partial charge in [0.1, 0.15) is 6.33 Å². The predicted molar refractivity (Wildman–Crippen MR) is 132 cm³/mol. The molecular weight excluding hydrogens is 426 g/mol. The van der Waals surface area contributed by atoms with Gasteiger partial charge >= 0.3 is 0 Å². The lowest BCUT2D eigenvalue weighted by molar-refractivity contribution is 0.102. The molecule has 3 aromatic heterocycles. The summed E-state index contributed by atoms with van der Waals surface area (Å²) in [4.78, 5) is 22.4. The van der Waals surface area contributed by atoms with Gasteiger partial charge in [-0.2, -0.15) is 5.10 Å². The summed E-state index contributed by atoms with van der Waals surface area (Å²) in [5.41, 5.74) is 6.19. The van der Waals surface area contributed by atoms with E-state index < -0.39 is 0 Å². The highest BCUT2D eigenvalue weighted by Gasteiger charge is 2.18. The Hall–Kier alpha value is -4.33. The molecule has 0 unspecified atom stereocenters. The zero-order valence-corrected chi connectivity index (χ0v) is 19.4. The van der Waals surface area contributed by atoms with Crippen molar-refractivity contribution in [1.82, 2.24) is 29.5 Å². The average Bonchev–Trinajstić information content (AvgIpc) is 3.45. The van der Waals surface area contributed by atoms with Crippen LogP contribution >= 0.6 is 0 Å². The minimum atomic E-state index is -0.284. The average molecular weight is 452 g/mol. The fraction of sp³-hybridized carbons (Fsp3) is 0.192. The highest BCUT2D eigenvalue weighted by molar-refractivity contribution is 6.12. The third kappa shape index (κ3) is 4.17. The molecule has 0 aliphatic rings. The number of benzene rings is 2. The SMILES string of the molecule is CCn1ncc(-c2cc(C(=O)Nc3ncn(Cc4ccc(C)cc4)n3)c3ccccc3n2)c1C. The third-order valence-electron chi connectivity index (χ3n) is 5.87. The van der Waals surface area contributed by atoms with Crippen molar-refractivity contribution in [1.29, 1.82) is 0 Å². The van der Waals surface area contributed by atoms with Crippen molar-refractivity contribution in [3.05, 3.63) is 89.5 Å². The van der Waals surface area contributed by atoms with Crippen LogP contribution in [0.4, 0.5) is 5.95 Å². The van der Waals surface area contributed by atoms with E-state index in [1.54, 1.807) is 17.2 Å². The van der Waals surface area contributed by atoms with Gasteiger partial charge in [-0.25, -0.2) is 14.6 Å². The monoisotopic (exact) mass is 451 g/mol. The van der Waals surface area contributed by atoms with E-state index in [0.717, 1.165) is 34.3 Å². The number of hydrogen-bond donors (Lipinski definition) is 1. The van der Waals surface area contributed by atoms with Crippen LogP contribution in [0, 0.1) is 13.8 Å². The number of pyridine rings is 1. The van der Waals surface area contributed by atoms with Gasteiger partial charge in [-0.3, -0.25) is 14.8 Å². The van der Waals surface area contributed by atoms with Crippen LogP contribution in [-0.2, 0) is 13.1 Å². The molecule has 0 radical (unpaired) electrons. The molecule has 8 nitrogen and oxygen atoms in total. The Kier molecular flexibility index (Phi) is 5.63. The van der Waals surface area contributed by atoms with Crippen molar-refractivity contribution in [3.8, 4) is 11.3 Å². The topological polar surface area (TPSA) is 90.5 Å². The van der Waals surface area contributed by atoms with E-state index in [0.29, 0.717) is 17.8 Å². The van der Waals surface area contributed by atoms with Crippen molar-refractivity contribution in [2.75, 3.05) is 5.32 Å². The number of nitrogens with zero attached hydrogens (tertiary/aromatic N) is 6. The van der Waals surface area contributed by atoms with Crippen molar-refractivity contribution >= 4 is 22.8 Å². The largest absolute Gasteiger partial charge is 0.289 e. The van der Waals surface area contributed by atoms with Crippen molar-refractivity contribution in [2.24, 2.45) is 0 Å². The molecule has 3 heterocycles. The molecular formula is C26H25N7O. The number of aromatic nitrogens is 6. The molecule has 2 aromatic carbocycles. The summed E-state index contributed by atoms with van der Waals surface area (Å²) in [7, 11) is 0. The van der Waals surface area contributed by atoms with Crippen LogP contribution in [0.2, 0.25) is 0 Å². The number of carbonyl (C=O) groups excluding carboxylic acids is 1. The Morgan fingerprint density at radius 1 is 1.06 bits per heavy atom. The van der Waals surface area contributed by atoms with Crippen molar-refractivity contribution < 1.29 is 4.79 Å². The summed E-state index contributed by atoms with van der Waals surface area (Å²) in [5.74, 6) is -0.0250. The van der Waals surface area contributed by atoms with Gasteiger partial charge in [0, 0.05) is 23.2 Å². The summed E-state index contributed by atoms with van der Waals surface area (Å²) in [6.07, 6.45) is 3.42. The van der Waals surface area contributed by atoms with Gasteiger partial charge in [0.2, 0.25) is 5.95 Å². The molecule has 1 N–H and O–H groups in total. The second-order valence-electron chi connectivity index (χ2n) is 8.24. The Morgan fingerprint density at radius 3 is 2.62 bits per heavy atom. The van der Waals surface area contributed by atoms with Crippen LogP contribution < -0.4 is 5.32 Å². The molecule has 0 aliphatic heterocycles. The van der Waals surface area contributed by atoms with E-state index in [2.05, 4.69) is 51.7 Å². The van der Waals surface area contributed by atoms with E-state index in [9.17, 15) is 4.79 Å². The van der Waals surface area contributed by atoms with Crippen molar-refractivity contribution in [2.45, 2.75) is 33.9 Å². The van der Waals surface area contributed by atoms with Gasteiger partial charge in [-0.05, 0) is 38.5 Å². The number of amides is 1.